The number of amides is 1. The van der Waals surface area contributed by atoms with E-state index in [1.54, 1.807) is 18.4 Å². The third-order valence-corrected chi connectivity index (χ3v) is 7.24. The Morgan fingerprint density at radius 1 is 1.37 bits per heavy atom. The molecule has 27 heavy (non-hydrogen) atoms. The van der Waals surface area contributed by atoms with E-state index in [9.17, 15) is 4.79 Å². The quantitative estimate of drug-likeness (QED) is 0.769. The van der Waals surface area contributed by atoms with Gasteiger partial charge in [-0.2, -0.15) is 0 Å². The first kappa shape index (κ1) is 19.3. The molecule has 3 aliphatic rings. The number of methoxy groups -OCH3 is 1. The second kappa shape index (κ2) is 8.99. The van der Waals surface area contributed by atoms with Crippen LogP contribution in [0, 0.1) is 11.8 Å². The number of carbonyl (C=O) groups excluding carboxylic acids is 1. The fourth-order valence-corrected chi connectivity index (χ4v) is 6.01. The molecule has 3 saturated heterocycles. The number of rotatable bonds is 7. The smallest absolute Gasteiger partial charge is 0.222 e. The summed E-state index contributed by atoms with van der Waals surface area (Å²) in [6.45, 7) is 5.76. The fourth-order valence-electron chi connectivity index (χ4n) is 5.46. The van der Waals surface area contributed by atoms with Crippen molar-refractivity contribution in [1.82, 2.24) is 20.1 Å². The van der Waals surface area contributed by atoms with Crippen molar-refractivity contribution in [2.75, 3.05) is 39.9 Å². The molecule has 1 aromatic heterocycles. The summed E-state index contributed by atoms with van der Waals surface area (Å²) >= 11 is 1.68. The van der Waals surface area contributed by atoms with Crippen molar-refractivity contribution in [2.45, 2.75) is 50.7 Å². The third-order valence-electron chi connectivity index (χ3n) is 6.61. The fraction of sp³-hybridized carbons (Fsp3) is 0.800. The lowest BCUT2D eigenvalue weighted by molar-refractivity contribution is -0.123. The maximum absolute atomic E-state index is 12.1. The van der Waals surface area contributed by atoms with E-state index in [0.29, 0.717) is 31.0 Å². The Labute approximate surface area is 166 Å². The standard InChI is InChI=1S/C20H32N4O2S/c1-26-7-5-20(25)21-9-19-16-8-15(18-4-2-3-6-24(18)19)10-23(11-16)12-17-13-27-14-22-17/h13-16,18-19H,2-12H2,1H3,(H,21,25)/t15-,16+,18+,19+/m1/s1. The van der Waals surface area contributed by atoms with Crippen molar-refractivity contribution >= 4 is 17.2 Å². The average Bonchev–Trinajstić information content (AvgIpc) is 3.19. The molecule has 3 aliphatic heterocycles. The van der Waals surface area contributed by atoms with E-state index in [-0.39, 0.29) is 5.91 Å². The SMILES string of the molecule is COCCC(=O)NC[C@H]1[C@H]2C[C@H](CN(Cc3cscn3)C2)[C@@H]2CCCCN21. The van der Waals surface area contributed by atoms with Gasteiger partial charge in [-0.3, -0.25) is 14.6 Å². The zero-order chi connectivity index (χ0) is 18.6. The molecule has 6 nitrogen and oxygen atoms in total. The number of fused-ring (bicyclic) bond motifs is 4. The Kier molecular flexibility index (Phi) is 6.42. The molecule has 3 fully saturated rings. The van der Waals surface area contributed by atoms with Gasteiger partial charge >= 0.3 is 0 Å². The normalized spacial score (nSPS) is 31.4. The number of nitrogens with zero attached hydrogens (tertiary/aromatic N) is 3. The van der Waals surface area contributed by atoms with Crippen LogP contribution in [0.1, 0.15) is 37.8 Å². The Hall–Kier alpha value is -1.02. The van der Waals surface area contributed by atoms with Crippen molar-refractivity contribution in [3.8, 4) is 0 Å². The highest BCUT2D eigenvalue weighted by atomic mass is 32.1. The third kappa shape index (κ3) is 4.53. The highest BCUT2D eigenvalue weighted by molar-refractivity contribution is 7.07. The topological polar surface area (TPSA) is 57.7 Å². The first-order valence-electron chi connectivity index (χ1n) is 10.4. The van der Waals surface area contributed by atoms with Gasteiger partial charge in [0, 0.05) is 57.2 Å². The highest BCUT2D eigenvalue weighted by Crippen LogP contribution is 2.41. The molecule has 1 N–H and O–H groups in total. The van der Waals surface area contributed by atoms with E-state index in [4.69, 9.17) is 4.74 Å². The predicted molar refractivity (Wildman–Crippen MR) is 107 cm³/mol. The number of ether oxygens (including phenoxy) is 1. The maximum Gasteiger partial charge on any atom is 0.222 e. The largest absolute Gasteiger partial charge is 0.384 e. The summed E-state index contributed by atoms with van der Waals surface area (Å²) in [5.74, 6) is 1.52. The van der Waals surface area contributed by atoms with Gasteiger partial charge in [0.1, 0.15) is 0 Å². The molecule has 0 aliphatic carbocycles. The lowest BCUT2D eigenvalue weighted by atomic mass is 9.72. The molecule has 4 rings (SSSR count). The van der Waals surface area contributed by atoms with E-state index in [1.165, 1.54) is 44.5 Å². The molecule has 0 spiro atoms. The van der Waals surface area contributed by atoms with Gasteiger partial charge in [0.15, 0.2) is 0 Å². The summed E-state index contributed by atoms with van der Waals surface area (Å²) in [6, 6.07) is 1.16. The van der Waals surface area contributed by atoms with Gasteiger partial charge in [0.25, 0.3) is 0 Å². The Morgan fingerprint density at radius 3 is 3.07 bits per heavy atom. The van der Waals surface area contributed by atoms with Crippen LogP contribution >= 0.6 is 11.3 Å². The number of carbonyl (C=O) groups is 1. The first-order valence-corrected chi connectivity index (χ1v) is 11.3. The van der Waals surface area contributed by atoms with Crippen molar-refractivity contribution in [2.24, 2.45) is 11.8 Å². The van der Waals surface area contributed by atoms with Crippen LogP contribution in [0.4, 0.5) is 0 Å². The summed E-state index contributed by atoms with van der Waals surface area (Å²) in [7, 11) is 1.64. The van der Waals surface area contributed by atoms with Crippen LogP contribution < -0.4 is 5.32 Å². The number of likely N-dealkylation sites (tertiary alicyclic amines) is 1. The molecule has 0 aromatic carbocycles. The van der Waals surface area contributed by atoms with Crippen molar-refractivity contribution in [3.63, 3.8) is 0 Å². The Bertz CT molecular complexity index is 611. The minimum Gasteiger partial charge on any atom is -0.384 e. The van der Waals surface area contributed by atoms with Gasteiger partial charge in [-0.15, -0.1) is 11.3 Å². The van der Waals surface area contributed by atoms with Crippen LogP contribution in [-0.2, 0) is 16.1 Å². The maximum atomic E-state index is 12.1. The minimum absolute atomic E-state index is 0.114. The van der Waals surface area contributed by atoms with Crippen LogP contribution in [0.5, 0.6) is 0 Å². The zero-order valence-corrected chi connectivity index (χ0v) is 17.1. The molecule has 7 heteroatoms. The van der Waals surface area contributed by atoms with Crippen molar-refractivity contribution in [1.29, 1.82) is 0 Å². The minimum atomic E-state index is 0.114. The number of thiazole rings is 1. The molecule has 1 aromatic rings. The van der Waals surface area contributed by atoms with Crippen molar-refractivity contribution < 1.29 is 9.53 Å². The molecule has 0 unspecified atom stereocenters. The lowest BCUT2D eigenvalue weighted by Gasteiger charge is -2.56. The molecule has 0 radical (unpaired) electrons. The summed E-state index contributed by atoms with van der Waals surface area (Å²) in [4.78, 5) is 22.0. The molecule has 0 saturated carbocycles. The number of piperidine rings is 3. The second-order valence-corrected chi connectivity index (χ2v) is 9.06. The van der Waals surface area contributed by atoms with Gasteiger partial charge in [-0.25, -0.2) is 4.98 Å². The molecule has 1 amide bonds. The molecule has 2 bridgehead atoms. The monoisotopic (exact) mass is 392 g/mol. The van der Waals surface area contributed by atoms with Gasteiger partial charge < -0.3 is 10.1 Å². The number of hydrogen-bond donors (Lipinski definition) is 1. The summed E-state index contributed by atoms with van der Waals surface area (Å²) < 4.78 is 5.04. The van der Waals surface area contributed by atoms with Crippen molar-refractivity contribution in [3.05, 3.63) is 16.6 Å². The molecule has 150 valence electrons. The van der Waals surface area contributed by atoms with Crippen LogP contribution in [-0.4, -0.2) is 72.7 Å². The van der Waals surface area contributed by atoms with Crippen LogP contribution in [0.2, 0.25) is 0 Å². The summed E-state index contributed by atoms with van der Waals surface area (Å²) in [5.41, 5.74) is 3.13. The van der Waals surface area contributed by atoms with Gasteiger partial charge in [-0.05, 0) is 37.6 Å². The van der Waals surface area contributed by atoms with Crippen LogP contribution in [0.15, 0.2) is 10.9 Å². The lowest BCUT2D eigenvalue weighted by Crippen LogP contribution is -2.65. The average molecular weight is 393 g/mol. The summed E-state index contributed by atoms with van der Waals surface area (Å²) in [5, 5.41) is 5.37. The van der Waals surface area contributed by atoms with Gasteiger partial charge in [0.05, 0.1) is 17.8 Å². The second-order valence-electron chi connectivity index (χ2n) is 8.34. The Morgan fingerprint density at radius 2 is 2.26 bits per heavy atom. The van der Waals surface area contributed by atoms with Gasteiger partial charge in [0.2, 0.25) is 5.91 Å². The molecular formula is C20H32N4O2S. The van der Waals surface area contributed by atoms with E-state index < -0.39 is 0 Å². The first-order chi connectivity index (χ1) is 13.2. The number of aromatic nitrogens is 1. The van der Waals surface area contributed by atoms with E-state index in [2.05, 4.69) is 25.5 Å². The van der Waals surface area contributed by atoms with E-state index >= 15 is 0 Å². The highest BCUT2D eigenvalue weighted by Gasteiger charge is 2.46. The molecular weight excluding hydrogens is 360 g/mol. The van der Waals surface area contributed by atoms with E-state index in [0.717, 1.165) is 25.6 Å². The van der Waals surface area contributed by atoms with Crippen LogP contribution in [0.3, 0.4) is 0 Å². The summed E-state index contributed by atoms with van der Waals surface area (Å²) in [6.07, 6.45) is 5.73. The Balaban J connectivity index is 1.43. The molecule has 4 heterocycles. The van der Waals surface area contributed by atoms with Gasteiger partial charge in [-0.1, -0.05) is 6.42 Å². The number of nitrogens with one attached hydrogen (secondary N) is 1. The number of hydrogen-bond acceptors (Lipinski definition) is 6. The zero-order valence-electron chi connectivity index (χ0n) is 16.3. The van der Waals surface area contributed by atoms with Crippen LogP contribution in [0.25, 0.3) is 0 Å². The predicted octanol–water partition coefficient (Wildman–Crippen LogP) is 1.97. The molecule has 4 atom stereocenters. The van der Waals surface area contributed by atoms with E-state index in [1.807, 2.05) is 5.51 Å².